The molecule has 28 heavy (non-hydrogen) atoms. The topological polar surface area (TPSA) is 53.1 Å². The molecule has 3 fully saturated rings. The Hall–Kier alpha value is -1.99. The number of halogens is 1. The summed E-state index contributed by atoms with van der Waals surface area (Å²) in [6.45, 7) is 4.60. The van der Waals surface area contributed by atoms with Crippen LogP contribution < -0.4 is 0 Å². The van der Waals surface area contributed by atoms with Gasteiger partial charge in [-0.3, -0.25) is 14.5 Å². The molecule has 2 amide bonds. The fraction of sp³-hybridized carbons (Fsp3) is 0.619. The average molecular weight is 389 g/mol. The highest BCUT2D eigenvalue weighted by molar-refractivity contribution is 5.79. The molecule has 1 aromatic rings. The van der Waals surface area contributed by atoms with Crippen LogP contribution in [0.25, 0.3) is 0 Å². The second-order valence-corrected chi connectivity index (χ2v) is 7.95. The fourth-order valence-corrected chi connectivity index (χ4v) is 4.49. The lowest BCUT2D eigenvalue weighted by molar-refractivity contribution is -0.141. The third kappa shape index (κ3) is 4.36. The van der Waals surface area contributed by atoms with Gasteiger partial charge in [-0.25, -0.2) is 4.39 Å². The lowest BCUT2D eigenvalue weighted by Crippen LogP contribution is -2.50. The molecule has 1 unspecified atom stereocenters. The van der Waals surface area contributed by atoms with E-state index in [1.54, 1.807) is 12.1 Å². The van der Waals surface area contributed by atoms with Crippen molar-refractivity contribution in [2.45, 2.75) is 37.8 Å². The van der Waals surface area contributed by atoms with Crippen molar-refractivity contribution in [2.24, 2.45) is 0 Å². The minimum Gasteiger partial charge on any atom is -0.370 e. The molecule has 0 radical (unpaired) electrons. The zero-order valence-electron chi connectivity index (χ0n) is 16.2. The molecule has 7 heteroatoms. The summed E-state index contributed by atoms with van der Waals surface area (Å²) in [5, 5.41) is 0. The van der Waals surface area contributed by atoms with E-state index in [1.165, 1.54) is 12.1 Å². The number of hydrogen-bond donors (Lipinski definition) is 0. The quantitative estimate of drug-likeness (QED) is 0.788. The molecule has 1 aromatic carbocycles. The number of nitrogens with zero attached hydrogens (tertiary/aromatic N) is 3. The van der Waals surface area contributed by atoms with Crippen molar-refractivity contribution >= 4 is 11.8 Å². The van der Waals surface area contributed by atoms with Crippen LogP contribution in [-0.4, -0.2) is 78.4 Å². The van der Waals surface area contributed by atoms with E-state index in [9.17, 15) is 14.0 Å². The third-order valence-corrected chi connectivity index (χ3v) is 6.13. The highest BCUT2D eigenvalue weighted by Crippen LogP contribution is 2.24. The zero-order chi connectivity index (χ0) is 19.5. The van der Waals surface area contributed by atoms with Gasteiger partial charge in [0, 0.05) is 38.6 Å². The Balaban J connectivity index is 1.27. The Labute approximate surface area is 165 Å². The van der Waals surface area contributed by atoms with Crippen molar-refractivity contribution in [3.05, 3.63) is 35.6 Å². The van der Waals surface area contributed by atoms with Gasteiger partial charge in [-0.15, -0.1) is 0 Å². The summed E-state index contributed by atoms with van der Waals surface area (Å²) in [6, 6.07) is 6.63. The summed E-state index contributed by atoms with van der Waals surface area (Å²) in [4.78, 5) is 30.8. The molecule has 4 rings (SSSR count). The molecule has 152 valence electrons. The number of carbonyl (C=O) groups excluding carboxylic acids is 2. The number of morpholine rings is 1. The standard InChI is InChI=1S/C21H28FN3O3/c22-17-5-3-16(4-6-17)19-14-24(12-13-28-19)21(27)15-23-10-7-18(8-11-23)25-9-1-2-20(25)26/h3-6,18-19H,1-2,7-15H2. The first-order chi connectivity index (χ1) is 13.6. The van der Waals surface area contributed by atoms with Crippen LogP contribution >= 0.6 is 0 Å². The number of carbonyl (C=O) groups is 2. The van der Waals surface area contributed by atoms with E-state index in [0.717, 1.165) is 44.5 Å². The Kier molecular flexibility index (Phi) is 5.92. The zero-order valence-corrected chi connectivity index (χ0v) is 16.2. The maximum absolute atomic E-state index is 13.1. The van der Waals surface area contributed by atoms with Crippen molar-refractivity contribution in [3.8, 4) is 0 Å². The van der Waals surface area contributed by atoms with E-state index in [-0.39, 0.29) is 23.7 Å². The van der Waals surface area contributed by atoms with Crippen LogP contribution in [0.1, 0.15) is 37.4 Å². The summed E-state index contributed by atoms with van der Waals surface area (Å²) in [7, 11) is 0. The molecule has 0 aromatic heterocycles. The minimum atomic E-state index is -0.272. The lowest BCUT2D eigenvalue weighted by Gasteiger charge is -2.38. The van der Waals surface area contributed by atoms with E-state index in [0.29, 0.717) is 38.7 Å². The van der Waals surface area contributed by atoms with Crippen LogP contribution in [0.15, 0.2) is 24.3 Å². The van der Waals surface area contributed by atoms with E-state index < -0.39 is 0 Å². The molecule has 0 spiro atoms. The van der Waals surface area contributed by atoms with Gasteiger partial charge in [-0.1, -0.05) is 12.1 Å². The van der Waals surface area contributed by atoms with Gasteiger partial charge >= 0.3 is 0 Å². The maximum atomic E-state index is 13.1. The lowest BCUT2D eigenvalue weighted by atomic mass is 10.0. The van der Waals surface area contributed by atoms with Crippen LogP contribution in [0.2, 0.25) is 0 Å². The Morgan fingerprint density at radius 3 is 2.54 bits per heavy atom. The largest absolute Gasteiger partial charge is 0.370 e. The molecule has 3 aliphatic rings. The minimum absolute atomic E-state index is 0.117. The number of ether oxygens (including phenoxy) is 1. The van der Waals surface area contributed by atoms with Gasteiger partial charge in [0.15, 0.2) is 0 Å². The smallest absolute Gasteiger partial charge is 0.236 e. The molecule has 3 saturated heterocycles. The van der Waals surface area contributed by atoms with Gasteiger partial charge in [0.05, 0.1) is 19.7 Å². The summed E-state index contributed by atoms with van der Waals surface area (Å²) >= 11 is 0. The first kappa shape index (κ1) is 19.3. The molecule has 1 atom stereocenters. The normalized spacial score (nSPS) is 24.8. The predicted octanol–water partition coefficient (Wildman–Crippen LogP) is 1.81. The maximum Gasteiger partial charge on any atom is 0.236 e. The average Bonchev–Trinajstić information content (AvgIpc) is 3.15. The van der Waals surface area contributed by atoms with Gasteiger partial charge in [0.25, 0.3) is 0 Å². The number of rotatable bonds is 4. The Morgan fingerprint density at radius 1 is 1.11 bits per heavy atom. The van der Waals surface area contributed by atoms with Crippen LogP contribution in [0.3, 0.4) is 0 Å². The van der Waals surface area contributed by atoms with Gasteiger partial charge in [0.2, 0.25) is 11.8 Å². The summed E-state index contributed by atoms with van der Waals surface area (Å²) < 4.78 is 18.9. The monoisotopic (exact) mass is 389 g/mol. The molecule has 0 aliphatic carbocycles. The van der Waals surface area contributed by atoms with Crippen LogP contribution in [0, 0.1) is 5.82 Å². The van der Waals surface area contributed by atoms with Crippen LogP contribution in [0.4, 0.5) is 4.39 Å². The van der Waals surface area contributed by atoms with E-state index >= 15 is 0 Å². The number of amides is 2. The van der Waals surface area contributed by atoms with Gasteiger partial charge < -0.3 is 14.5 Å². The predicted molar refractivity (Wildman–Crippen MR) is 102 cm³/mol. The highest BCUT2D eigenvalue weighted by Gasteiger charge is 2.32. The molecule has 0 N–H and O–H groups in total. The summed E-state index contributed by atoms with van der Waals surface area (Å²) in [5.41, 5.74) is 0.898. The molecule has 0 saturated carbocycles. The van der Waals surface area contributed by atoms with Crippen LogP contribution in [0.5, 0.6) is 0 Å². The molecular weight excluding hydrogens is 361 g/mol. The number of hydrogen-bond acceptors (Lipinski definition) is 4. The van der Waals surface area contributed by atoms with E-state index in [2.05, 4.69) is 4.90 Å². The molecule has 6 nitrogen and oxygen atoms in total. The van der Waals surface area contributed by atoms with Gasteiger partial charge in [-0.2, -0.15) is 0 Å². The first-order valence-electron chi connectivity index (χ1n) is 10.3. The first-order valence-corrected chi connectivity index (χ1v) is 10.3. The van der Waals surface area contributed by atoms with E-state index in [4.69, 9.17) is 4.74 Å². The fourth-order valence-electron chi connectivity index (χ4n) is 4.49. The van der Waals surface area contributed by atoms with Crippen molar-refractivity contribution in [3.63, 3.8) is 0 Å². The van der Waals surface area contributed by atoms with Gasteiger partial charge in [-0.05, 0) is 37.0 Å². The van der Waals surface area contributed by atoms with Crippen molar-refractivity contribution in [1.29, 1.82) is 0 Å². The Bertz CT molecular complexity index is 703. The summed E-state index contributed by atoms with van der Waals surface area (Å²) in [5.74, 6) is 0.132. The van der Waals surface area contributed by atoms with Gasteiger partial charge in [0.1, 0.15) is 11.9 Å². The second-order valence-electron chi connectivity index (χ2n) is 7.95. The second kappa shape index (κ2) is 8.57. The molecule has 3 aliphatic heterocycles. The third-order valence-electron chi connectivity index (χ3n) is 6.13. The SMILES string of the molecule is O=C(CN1CCC(N2CCCC2=O)CC1)N1CCOC(c2ccc(F)cc2)C1. The number of piperidine rings is 1. The number of likely N-dealkylation sites (tertiary alicyclic amines) is 2. The van der Waals surface area contributed by atoms with E-state index in [1.807, 2.05) is 9.80 Å². The highest BCUT2D eigenvalue weighted by atomic mass is 19.1. The molecular formula is C21H28FN3O3. The molecule has 0 bridgehead atoms. The van der Waals surface area contributed by atoms with Crippen molar-refractivity contribution in [2.75, 3.05) is 45.9 Å². The van der Waals surface area contributed by atoms with Crippen LogP contribution in [-0.2, 0) is 14.3 Å². The number of benzene rings is 1. The van der Waals surface area contributed by atoms with Crippen molar-refractivity contribution in [1.82, 2.24) is 14.7 Å². The Morgan fingerprint density at radius 2 is 1.86 bits per heavy atom. The molecule has 3 heterocycles. The summed E-state index contributed by atoms with van der Waals surface area (Å²) in [6.07, 6.45) is 3.35. The van der Waals surface area contributed by atoms with Crippen molar-refractivity contribution < 1.29 is 18.7 Å².